The predicted octanol–water partition coefficient (Wildman–Crippen LogP) is 4.53. The molecule has 1 saturated carbocycles. The van der Waals surface area contributed by atoms with Crippen LogP contribution in [0.3, 0.4) is 0 Å². The lowest BCUT2D eigenvalue weighted by atomic mass is 9.68. The van der Waals surface area contributed by atoms with Gasteiger partial charge in [0.1, 0.15) is 12.1 Å². The minimum Gasteiger partial charge on any atom is -0.490 e. The van der Waals surface area contributed by atoms with Gasteiger partial charge in [0.05, 0.1) is 37.0 Å². The number of nitrogens with zero attached hydrogens (tertiary/aromatic N) is 9. The minimum absolute atomic E-state index is 0.0385. The van der Waals surface area contributed by atoms with Crippen LogP contribution in [0.25, 0.3) is 11.0 Å². The number of anilines is 1. The number of likely N-dealkylation sites (N-methyl/N-ethyl adjacent to an activating group) is 1. The van der Waals surface area contributed by atoms with E-state index in [1.165, 1.54) is 11.1 Å². The Bertz CT molecular complexity index is 1830. The average Bonchev–Trinajstić information content (AvgIpc) is 3.55. The van der Waals surface area contributed by atoms with E-state index in [2.05, 4.69) is 65.9 Å². The molecule has 1 aliphatic carbocycles. The third kappa shape index (κ3) is 7.13. The first-order valence-corrected chi connectivity index (χ1v) is 18.7. The van der Waals surface area contributed by atoms with E-state index in [9.17, 15) is 4.79 Å². The van der Waals surface area contributed by atoms with E-state index in [1.807, 2.05) is 49.8 Å². The third-order valence-corrected chi connectivity index (χ3v) is 11.1. The zero-order valence-corrected chi connectivity index (χ0v) is 31.0. The molecular formula is C39H53N9O3. The zero-order valence-electron chi connectivity index (χ0n) is 31.0. The number of amides is 1. The number of benzene rings is 1. The van der Waals surface area contributed by atoms with Gasteiger partial charge >= 0.3 is 0 Å². The van der Waals surface area contributed by atoms with Crippen LogP contribution in [0.15, 0.2) is 42.9 Å². The molecule has 0 N–H and O–H groups in total. The number of hydrogen-bond acceptors (Lipinski definition) is 10. The highest BCUT2D eigenvalue weighted by Gasteiger charge is 2.47. The summed E-state index contributed by atoms with van der Waals surface area (Å²) in [5.74, 6) is 2.89. The standard InChI is InChI=1S/C39H53N9O3/c1-6-50-34-23-30-13-16-47(22-17-44(4)5)39(33(30)24-35(34)51-7-2)14-11-29(12-15-39)38(49)46-20-18-45(19-21-46)36-32-25-42-48(37(32)41-27-40-36)26-31-10-8-9-28(3)43-31/h8-10,23-25,27,29H,6-7,11-22,26H2,1-5H3/t29-,39+. The number of piperazine rings is 1. The Morgan fingerprint density at radius 1 is 0.980 bits per heavy atom. The van der Waals surface area contributed by atoms with Gasteiger partial charge in [0.25, 0.3) is 0 Å². The second-order valence-electron chi connectivity index (χ2n) is 14.5. The summed E-state index contributed by atoms with van der Waals surface area (Å²) in [6, 6.07) is 10.5. The highest BCUT2D eigenvalue weighted by molar-refractivity contribution is 5.87. The van der Waals surface area contributed by atoms with Gasteiger partial charge in [0, 0.05) is 63.0 Å². The molecule has 5 heterocycles. The van der Waals surface area contributed by atoms with E-state index in [0.29, 0.717) is 38.8 Å². The van der Waals surface area contributed by atoms with Crippen molar-refractivity contribution in [3.05, 3.63) is 65.4 Å². The van der Waals surface area contributed by atoms with Gasteiger partial charge in [-0.05, 0) is 102 Å². The van der Waals surface area contributed by atoms with Crippen molar-refractivity contribution in [1.29, 1.82) is 0 Å². The van der Waals surface area contributed by atoms with E-state index >= 15 is 0 Å². The molecule has 0 unspecified atom stereocenters. The minimum atomic E-state index is -0.103. The summed E-state index contributed by atoms with van der Waals surface area (Å²) < 4.78 is 14.0. The lowest BCUT2D eigenvalue weighted by molar-refractivity contribution is -0.138. The molecule has 0 atom stereocenters. The molecule has 272 valence electrons. The zero-order chi connectivity index (χ0) is 35.5. The summed E-state index contributed by atoms with van der Waals surface area (Å²) in [7, 11) is 4.29. The van der Waals surface area contributed by atoms with Crippen molar-refractivity contribution in [2.24, 2.45) is 5.92 Å². The van der Waals surface area contributed by atoms with Gasteiger partial charge in [-0.3, -0.25) is 14.7 Å². The first-order chi connectivity index (χ1) is 24.8. The fourth-order valence-electron chi connectivity index (χ4n) is 8.48. The van der Waals surface area contributed by atoms with Crippen LogP contribution in [0.2, 0.25) is 0 Å². The van der Waals surface area contributed by atoms with E-state index in [0.717, 1.165) is 105 Å². The number of rotatable bonds is 11. The maximum atomic E-state index is 14.1. The summed E-state index contributed by atoms with van der Waals surface area (Å²) >= 11 is 0. The molecule has 3 aromatic heterocycles. The molecule has 7 rings (SSSR count). The van der Waals surface area contributed by atoms with Crippen LogP contribution in [0.1, 0.15) is 62.0 Å². The molecule has 2 aliphatic heterocycles. The molecule has 4 aromatic rings. The van der Waals surface area contributed by atoms with Crippen LogP contribution in [0.4, 0.5) is 5.82 Å². The Morgan fingerprint density at radius 3 is 2.43 bits per heavy atom. The van der Waals surface area contributed by atoms with Crippen LogP contribution < -0.4 is 14.4 Å². The Hall–Kier alpha value is -4.29. The molecule has 3 aliphatic rings. The molecule has 0 radical (unpaired) electrons. The molecule has 1 amide bonds. The highest BCUT2D eigenvalue weighted by atomic mass is 16.5. The average molecular weight is 696 g/mol. The second kappa shape index (κ2) is 15.1. The largest absolute Gasteiger partial charge is 0.490 e. The predicted molar refractivity (Wildman–Crippen MR) is 198 cm³/mol. The molecule has 1 saturated heterocycles. The van der Waals surface area contributed by atoms with Crippen LogP contribution in [-0.2, 0) is 23.3 Å². The van der Waals surface area contributed by atoms with Gasteiger partial charge in [-0.25, -0.2) is 14.6 Å². The summed E-state index contributed by atoms with van der Waals surface area (Å²) in [5.41, 5.74) is 5.35. The summed E-state index contributed by atoms with van der Waals surface area (Å²) in [5, 5.41) is 5.57. The van der Waals surface area contributed by atoms with Crippen LogP contribution >= 0.6 is 0 Å². The van der Waals surface area contributed by atoms with Gasteiger partial charge in [0.2, 0.25) is 5.91 Å². The lowest BCUT2D eigenvalue weighted by Crippen LogP contribution is -2.56. The van der Waals surface area contributed by atoms with Gasteiger partial charge in [0.15, 0.2) is 17.1 Å². The number of aromatic nitrogens is 5. The van der Waals surface area contributed by atoms with Gasteiger partial charge in [-0.15, -0.1) is 0 Å². The van der Waals surface area contributed by atoms with Gasteiger partial charge < -0.3 is 24.2 Å². The highest BCUT2D eigenvalue weighted by Crippen LogP contribution is 2.50. The van der Waals surface area contributed by atoms with Crippen LogP contribution in [0.5, 0.6) is 11.5 Å². The van der Waals surface area contributed by atoms with Gasteiger partial charge in [-0.1, -0.05) is 6.07 Å². The van der Waals surface area contributed by atoms with Crippen LogP contribution in [-0.4, -0.2) is 118 Å². The first-order valence-electron chi connectivity index (χ1n) is 18.7. The molecule has 0 bridgehead atoms. The summed E-state index contributed by atoms with van der Waals surface area (Å²) in [6.45, 7) is 13.6. The Labute approximate surface area is 301 Å². The monoisotopic (exact) mass is 695 g/mol. The van der Waals surface area contributed by atoms with Crippen molar-refractivity contribution in [1.82, 2.24) is 39.4 Å². The van der Waals surface area contributed by atoms with Crippen molar-refractivity contribution in [2.45, 2.75) is 65.0 Å². The normalized spacial score (nSPS) is 21.0. The first kappa shape index (κ1) is 35.1. The van der Waals surface area contributed by atoms with Gasteiger partial charge in [-0.2, -0.15) is 5.10 Å². The van der Waals surface area contributed by atoms with E-state index in [-0.39, 0.29) is 11.5 Å². The number of pyridine rings is 1. The molecule has 2 fully saturated rings. The summed E-state index contributed by atoms with van der Waals surface area (Å²) in [6.07, 6.45) is 8.16. The number of ether oxygens (including phenoxy) is 2. The molecule has 12 nitrogen and oxygen atoms in total. The Morgan fingerprint density at radius 2 is 1.73 bits per heavy atom. The third-order valence-electron chi connectivity index (χ3n) is 11.1. The quantitative estimate of drug-likeness (QED) is 0.222. The summed E-state index contributed by atoms with van der Waals surface area (Å²) in [4.78, 5) is 37.3. The SMILES string of the molecule is CCOc1cc2c(cc1OCC)[C@]1(CC[C@H](C(=O)N3CCN(c4ncnc5c4cnn5Cc4cccc(C)n4)CC3)CC1)N(CCN(C)C)CC2. The maximum Gasteiger partial charge on any atom is 0.225 e. The second-order valence-corrected chi connectivity index (χ2v) is 14.5. The van der Waals surface area contributed by atoms with E-state index in [4.69, 9.17) is 9.47 Å². The Balaban J connectivity index is 1.03. The fraction of sp³-hybridized carbons (Fsp3) is 0.564. The van der Waals surface area contributed by atoms with E-state index in [1.54, 1.807) is 6.33 Å². The number of aryl methyl sites for hydroxylation is 1. The topological polar surface area (TPSA) is 105 Å². The van der Waals surface area contributed by atoms with Crippen LogP contribution in [0, 0.1) is 12.8 Å². The molecule has 1 aromatic carbocycles. The van der Waals surface area contributed by atoms with Crippen molar-refractivity contribution in [3.8, 4) is 11.5 Å². The van der Waals surface area contributed by atoms with Crippen molar-refractivity contribution >= 4 is 22.8 Å². The molecular weight excluding hydrogens is 642 g/mol. The number of carbonyl (C=O) groups is 1. The number of carbonyl (C=O) groups excluding carboxylic acids is 1. The fourth-order valence-corrected chi connectivity index (χ4v) is 8.48. The van der Waals surface area contributed by atoms with Crippen molar-refractivity contribution in [3.63, 3.8) is 0 Å². The number of fused-ring (bicyclic) bond motifs is 3. The number of hydrogen-bond donors (Lipinski definition) is 0. The Kier molecular flexibility index (Phi) is 10.4. The van der Waals surface area contributed by atoms with E-state index < -0.39 is 0 Å². The molecule has 51 heavy (non-hydrogen) atoms. The maximum absolute atomic E-state index is 14.1. The lowest BCUT2D eigenvalue weighted by Gasteiger charge is -2.52. The molecule has 1 spiro atoms. The molecule has 12 heteroatoms. The van der Waals surface area contributed by atoms with Crippen molar-refractivity contribution in [2.75, 3.05) is 78.0 Å². The smallest absolute Gasteiger partial charge is 0.225 e. The van der Waals surface area contributed by atoms with Crippen molar-refractivity contribution < 1.29 is 14.3 Å².